The molecule has 0 spiro atoms. The van der Waals surface area contributed by atoms with Crippen LogP contribution in [0.4, 0.5) is 11.5 Å². The molecule has 0 fully saturated rings. The number of unbranched alkanes of at least 4 members (excludes halogenated alkanes) is 1. The van der Waals surface area contributed by atoms with E-state index in [1.54, 1.807) is 6.92 Å². The van der Waals surface area contributed by atoms with Crippen molar-refractivity contribution >= 4 is 17.4 Å². The summed E-state index contributed by atoms with van der Waals surface area (Å²) < 4.78 is 1.33. The van der Waals surface area contributed by atoms with Crippen LogP contribution in [-0.4, -0.2) is 40.5 Å². The predicted molar refractivity (Wildman–Crippen MR) is 126 cm³/mol. The molecule has 1 aromatic heterocycles. The van der Waals surface area contributed by atoms with Gasteiger partial charge in [0.25, 0.3) is 5.56 Å². The number of nitrogens with zero attached hydrogens (tertiary/aromatic N) is 3. The van der Waals surface area contributed by atoms with Crippen molar-refractivity contribution in [2.75, 3.05) is 30.8 Å². The van der Waals surface area contributed by atoms with Gasteiger partial charge in [0.05, 0.1) is 6.54 Å². The van der Waals surface area contributed by atoms with E-state index in [2.05, 4.69) is 43.1 Å². The molecule has 2 rings (SSSR count). The van der Waals surface area contributed by atoms with Crippen LogP contribution in [0, 0.1) is 0 Å². The van der Waals surface area contributed by atoms with Crippen molar-refractivity contribution in [1.29, 1.82) is 0 Å². The number of nitrogens with two attached hydrogens (primary N) is 1. The first-order valence-electron chi connectivity index (χ1n) is 10.9. The number of carbonyl (C=O) groups is 1. The van der Waals surface area contributed by atoms with Gasteiger partial charge in [0.15, 0.2) is 5.69 Å². The van der Waals surface area contributed by atoms with Crippen molar-refractivity contribution in [3.05, 3.63) is 56.2 Å². The molecule has 170 valence electrons. The van der Waals surface area contributed by atoms with Crippen molar-refractivity contribution < 1.29 is 4.79 Å². The van der Waals surface area contributed by atoms with E-state index in [1.807, 2.05) is 18.9 Å². The van der Waals surface area contributed by atoms with E-state index in [1.165, 1.54) is 15.0 Å². The minimum absolute atomic E-state index is 0.0318. The Morgan fingerprint density at radius 3 is 2.35 bits per heavy atom. The number of aromatic amines is 1. The first-order valence-corrected chi connectivity index (χ1v) is 10.9. The summed E-state index contributed by atoms with van der Waals surface area (Å²) in [6, 6.07) is 8.35. The molecule has 2 aromatic rings. The van der Waals surface area contributed by atoms with Gasteiger partial charge >= 0.3 is 5.69 Å². The fraction of sp³-hybridized carbons (Fsp3) is 0.522. The third-order valence-corrected chi connectivity index (χ3v) is 5.34. The maximum absolute atomic E-state index is 13.0. The second kappa shape index (κ2) is 10.9. The summed E-state index contributed by atoms with van der Waals surface area (Å²) in [5, 5.41) is 0. The minimum atomic E-state index is -0.641. The molecule has 1 aromatic carbocycles. The number of nitrogens with one attached hydrogen (secondary N) is 1. The summed E-state index contributed by atoms with van der Waals surface area (Å²) >= 11 is 0. The number of hydrogen-bond donors (Lipinski definition) is 2. The van der Waals surface area contributed by atoms with Crippen LogP contribution in [0.25, 0.3) is 0 Å². The topological polar surface area (TPSA) is 104 Å². The van der Waals surface area contributed by atoms with Gasteiger partial charge in [0, 0.05) is 19.6 Å². The van der Waals surface area contributed by atoms with Crippen LogP contribution in [0.1, 0.15) is 57.6 Å². The lowest BCUT2D eigenvalue weighted by Gasteiger charge is -2.25. The Balaban J connectivity index is 2.19. The summed E-state index contributed by atoms with van der Waals surface area (Å²) in [5.74, 6) is 0.252. The van der Waals surface area contributed by atoms with Crippen molar-refractivity contribution in [1.82, 2.24) is 14.5 Å². The maximum atomic E-state index is 13.0. The monoisotopic (exact) mass is 429 g/mol. The van der Waals surface area contributed by atoms with Gasteiger partial charge in [0.2, 0.25) is 5.91 Å². The number of likely N-dealkylation sites (N-methyl/N-ethyl adjacent to an activating group) is 2. The second-order valence-corrected chi connectivity index (χ2v) is 8.20. The molecule has 0 unspecified atom stereocenters. The first-order chi connectivity index (χ1) is 14.7. The quantitative estimate of drug-likeness (QED) is 0.604. The smallest absolute Gasteiger partial charge is 0.330 e. The first kappa shape index (κ1) is 24.4. The van der Waals surface area contributed by atoms with E-state index in [0.717, 1.165) is 18.4 Å². The number of benzene rings is 1. The summed E-state index contributed by atoms with van der Waals surface area (Å²) in [6.07, 6.45) is 1.62. The summed E-state index contributed by atoms with van der Waals surface area (Å²) in [4.78, 5) is 43.2. The lowest BCUT2D eigenvalue weighted by atomic mass is 10.0. The zero-order chi connectivity index (χ0) is 23.1. The molecule has 0 aliphatic carbocycles. The Hall–Kier alpha value is -2.87. The van der Waals surface area contributed by atoms with E-state index in [0.29, 0.717) is 19.0 Å². The number of anilines is 2. The average molecular weight is 430 g/mol. The van der Waals surface area contributed by atoms with Crippen LogP contribution in [-0.2, 0) is 17.9 Å². The number of carbonyl (C=O) groups excluding carboxylic acids is 1. The summed E-state index contributed by atoms with van der Waals surface area (Å²) in [6.45, 7) is 9.47. The van der Waals surface area contributed by atoms with Crippen LogP contribution in [0.2, 0.25) is 0 Å². The number of rotatable bonds is 10. The molecular weight excluding hydrogens is 394 g/mol. The second-order valence-electron chi connectivity index (χ2n) is 8.20. The Bertz CT molecular complexity index is 992. The van der Waals surface area contributed by atoms with Crippen LogP contribution >= 0.6 is 0 Å². The van der Waals surface area contributed by atoms with Crippen molar-refractivity contribution in [3.63, 3.8) is 0 Å². The predicted octanol–water partition coefficient (Wildman–Crippen LogP) is 2.53. The van der Waals surface area contributed by atoms with E-state index in [4.69, 9.17) is 5.73 Å². The zero-order valence-electron chi connectivity index (χ0n) is 19.3. The maximum Gasteiger partial charge on any atom is 0.330 e. The average Bonchev–Trinajstić information content (AvgIpc) is 2.71. The number of nitrogen functional groups attached to an aromatic ring is 1. The molecule has 8 heteroatoms. The molecule has 0 aliphatic rings. The molecule has 8 nitrogen and oxygen atoms in total. The number of aromatic nitrogens is 2. The largest absolute Gasteiger partial charge is 0.383 e. The zero-order valence-corrected chi connectivity index (χ0v) is 19.3. The number of H-pyrrole nitrogens is 1. The molecule has 31 heavy (non-hydrogen) atoms. The Kier molecular flexibility index (Phi) is 8.62. The minimum Gasteiger partial charge on any atom is -0.383 e. The van der Waals surface area contributed by atoms with Gasteiger partial charge in [0.1, 0.15) is 5.82 Å². The third kappa shape index (κ3) is 6.07. The molecule has 0 saturated carbocycles. The highest BCUT2D eigenvalue weighted by molar-refractivity contribution is 5.96. The lowest BCUT2D eigenvalue weighted by molar-refractivity contribution is -0.119. The third-order valence-electron chi connectivity index (χ3n) is 5.34. The van der Waals surface area contributed by atoms with Gasteiger partial charge in [-0.3, -0.25) is 24.0 Å². The number of amides is 1. The molecule has 0 bridgehead atoms. The highest BCUT2D eigenvalue weighted by atomic mass is 16.2. The molecule has 0 radical (unpaired) electrons. The highest BCUT2D eigenvalue weighted by Gasteiger charge is 2.23. The van der Waals surface area contributed by atoms with Crippen LogP contribution in [0.3, 0.4) is 0 Å². The standard InChI is InChI=1S/C23H35N5O3/c1-6-8-13-28-21(24)20(22(30)25-23(28)31)27(7-2)19(29)15-26(5)14-17-9-11-18(12-10-17)16(3)4/h9-12,16H,6-8,13-15,24H2,1-5H3,(H,25,30,31). The van der Waals surface area contributed by atoms with Gasteiger partial charge in [-0.2, -0.15) is 0 Å². The van der Waals surface area contributed by atoms with Crippen molar-refractivity contribution in [3.8, 4) is 0 Å². The highest BCUT2D eigenvalue weighted by Crippen LogP contribution is 2.18. The molecular formula is C23H35N5O3. The van der Waals surface area contributed by atoms with Crippen molar-refractivity contribution in [2.45, 2.75) is 59.5 Å². The molecule has 0 atom stereocenters. The van der Waals surface area contributed by atoms with E-state index in [-0.39, 0.29) is 30.5 Å². The molecule has 3 N–H and O–H groups in total. The van der Waals surface area contributed by atoms with Gasteiger partial charge in [-0.1, -0.05) is 51.5 Å². The SMILES string of the molecule is CCCCn1c(N)c(N(CC)C(=O)CN(C)Cc2ccc(C(C)C)cc2)c(=O)[nH]c1=O. The van der Waals surface area contributed by atoms with Gasteiger partial charge in [-0.25, -0.2) is 4.79 Å². The van der Waals surface area contributed by atoms with Crippen molar-refractivity contribution in [2.24, 2.45) is 0 Å². The Labute approximate surface area is 183 Å². The molecule has 1 amide bonds. The molecule has 0 aliphatic heterocycles. The lowest BCUT2D eigenvalue weighted by Crippen LogP contribution is -2.44. The van der Waals surface area contributed by atoms with Crippen LogP contribution in [0.15, 0.2) is 33.9 Å². The van der Waals surface area contributed by atoms with Gasteiger partial charge in [-0.15, -0.1) is 0 Å². The normalized spacial score (nSPS) is 11.3. The Morgan fingerprint density at radius 2 is 1.81 bits per heavy atom. The van der Waals surface area contributed by atoms with Crippen LogP contribution < -0.4 is 21.9 Å². The Morgan fingerprint density at radius 1 is 1.16 bits per heavy atom. The fourth-order valence-electron chi connectivity index (χ4n) is 3.53. The molecule has 1 heterocycles. The number of hydrogen-bond acceptors (Lipinski definition) is 5. The van der Waals surface area contributed by atoms with E-state index >= 15 is 0 Å². The van der Waals surface area contributed by atoms with E-state index in [9.17, 15) is 14.4 Å². The fourth-order valence-corrected chi connectivity index (χ4v) is 3.53. The van der Waals surface area contributed by atoms with Crippen LogP contribution in [0.5, 0.6) is 0 Å². The van der Waals surface area contributed by atoms with Gasteiger partial charge < -0.3 is 10.6 Å². The summed E-state index contributed by atoms with van der Waals surface area (Å²) in [7, 11) is 1.86. The van der Waals surface area contributed by atoms with Gasteiger partial charge in [-0.05, 0) is 37.4 Å². The summed E-state index contributed by atoms with van der Waals surface area (Å²) in [5.41, 5.74) is 7.39. The van der Waals surface area contributed by atoms with E-state index < -0.39 is 11.2 Å². The molecule has 0 saturated heterocycles.